The highest BCUT2D eigenvalue weighted by Crippen LogP contribution is 2.28. The number of nitrogens with zero attached hydrogens (tertiary/aromatic N) is 6. The molecular formula is C24H26N6. The third kappa shape index (κ3) is 3.28. The zero-order chi connectivity index (χ0) is 20.7. The molecule has 5 rings (SSSR count). The standard InChI is InChI=1S/C24H26N6/c1-17-6-4-8-20(12-17)29-11-10-28(15-19(29)3)23-22-14-27-30(24(22)26-16-25-23)21-9-5-7-18(2)13-21/h4-9,12-14,16,19H,10-11,15H2,1-3H3/t19-/m1/s1. The maximum absolute atomic E-state index is 4.64. The number of hydrogen-bond acceptors (Lipinski definition) is 5. The largest absolute Gasteiger partial charge is 0.365 e. The SMILES string of the molecule is Cc1cccc(N2CCN(c3ncnc4c3cnn4-c3cccc(C)c3)C[C@H]2C)c1. The highest BCUT2D eigenvalue weighted by Gasteiger charge is 2.26. The van der Waals surface area contributed by atoms with E-state index in [1.165, 1.54) is 16.8 Å². The quantitative estimate of drug-likeness (QED) is 0.519. The van der Waals surface area contributed by atoms with E-state index < -0.39 is 0 Å². The summed E-state index contributed by atoms with van der Waals surface area (Å²) < 4.78 is 1.90. The summed E-state index contributed by atoms with van der Waals surface area (Å²) in [6, 6.07) is 17.5. The van der Waals surface area contributed by atoms with E-state index in [9.17, 15) is 0 Å². The molecule has 0 aliphatic carbocycles. The van der Waals surface area contributed by atoms with Crippen molar-refractivity contribution < 1.29 is 0 Å². The minimum Gasteiger partial charge on any atom is -0.365 e. The molecule has 0 bridgehead atoms. The van der Waals surface area contributed by atoms with E-state index in [-0.39, 0.29) is 0 Å². The number of benzene rings is 2. The zero-order valence-corrected chi connectivity index (χ0v) is 17.7. The Balaban J connectivity index is 1.45. The van der Waals surface area contributed by atoms with Gasteiger partial charge in [-0.05, 0) is 56.2 Å². The predicted molar refractivity (Wildman–Crippen MR) is 122 cm³/mol. The first-order valence-electron chi connectivity index (χ1n) is 10.4. The third-order valence-electron chi connectivity index (χ3n) is 5.85. The van der Waals surface area contributed by atoms with Gasteiger partial charge in [-0.1, -0.05) is 24.3 Å². The van der Waals surface area contributed by atoms with Gasteiger partial charge in [0.05, 0.1) is 17.3 Å². The lowest BCUT2D eigenvalue weighted by atomic mass is 10.1. The highest BCUT2D eigenvalue weighted by molar-refractivity contribution is 5.87. The molecule has 6 nitrogen and oxygen atoms in total. The lowest BCUT2D eigenvalue weighted by molar-refractivity contribution is 0.548. The van der Waals surface area contributed by atoms with Crippen LogP contribution in [-0.4, -0.2) is 45.4 Å². The zero-order valence-electron chi connectivity index (χ0n) is 17.7. The molecule has 3 heterocycles. The van der Waals surface area contributed by atoms with Gasteiger partial charge in [0.2, 0.25) is 0 Å². The first-order chi connectivity index (χ1) is 14.6. The number of piperazine rings is 1. The fraction of sp³-hybridized carbons (Fsp3) is 0.292. The molecule has 0 unspecified atom stereocenters. The molecule has 6 heteroatoms. The lowest BCUT2D eigenvalue weighted by Gasteiger charge is -2.42. The molecule has 4 aromatic rings. The molecular weight excluding hydrogens is 372 g/mol. The Labute approximate surface area is 176 Å². The van der Waals surface area contributed by atoms with Gasteiger partial charge in [-0.2, -0.15) is 5.10 Å². The second-order valence-corrected chi connectivity index (χ2v) is 8.16. The molecule has 30 heavy (non-hydrogen) atoms. The van der Waals surface area contributed by atoms with Crippen molar-refractivity contribution in [2.24, 2.45) is 0 Å². The average Bonchev–Trinajstić information content (AvgIpc) is 3.18. The smallest absolute Gasteiger partial charge is 0.168 e. The van der Waals surface area contributed by atoms with E-state index >= 15 is 0 Å². The average molecular weight is 399 g/mol. The summed E-state index contributed by atoms with van der Waals surface area (Å²) in [5.74, 6) is 0.967. The normalized spacial score (nSPS) is 17.0. The summed E-state index contributed by atoms with van der Waals surface area (Å²) in [5.41, 5.74) is 5.66. The van der Waals surface area contributed by atoms with E-state index in [4.69, 9.17) is 0 Å². The van der Waals surface area contributed by atoms with Crippen LogP contribution in [0.2, 0.25) is 0 Å². The van der Waals surface area contributed by atoms with Crippen LogP contribution in [0.3, 0.4) is 0 Å². The van der Waals surface area contributed by atoms with Gasteiger partial charge in [0, 0.05) is 31.4 Å². The van der Waals surface area contributed by atoms with Gasteiger partial charge < -0.3 is 9.80 Å². The molecule has 0 saturated carbocycles. The molecule has 0 radical (unpaired) electrons. The fourth-order valence-electron chi connectivity index (χ4n) is 4.37. The van der Waals surface area contributed by atoms with Crippen LogP contribution in [0.1, 0.15) is 18.1 Å². The van der Waals surface area contributed by atoms with E-state index in [2.05, 4.69) is 88.1 Å². The van der Waals surface area contributed by atoms with Crippen LogP contribution in [0, 0.1) is 13.8 Å². The highest BCUT2D eigenvalue weighted by atomic mass is 15.3. The Hall–Kier alpha value is -3.41. The molecule has 0 spiro atoms. The molecule has 1 saturated heterocycles. The van der Waals surface area contributed by atoms with Gasteiger partial charge in [-0.25, -0.2) is 14.6 Å². The minimum absolute atomic E-state index is 0.386. The second-order valence-electron chi connectivity index (χ2n) is 8.16. The van der Waals surface area contributed by atoms with Gasteiger partial charge in [0.1, 0.15) is 12.1 Å². The molecule has 2 aromatic carbocycles. The molecule has 1 aliphatic heterocycles. The van der Waals surface area contributed by atoms with Crippen molar-refractivity contribution in [3.05, 3.63) is 72.2 Å². The van der Waals surface area contributed by atoms with E-state index in [0.717, 1.165) is 42.2 Å². The molecule has 0 N–H and O–H groups in total. The maximum atomic E-state index is 4.64. The molecule has 2 aromatic heterocycles. The van der Waals surface area contributed by atoms with Crippen molar-refractivity contribution in [1.29, 1.82) is 0 Å². The summed E-state index contributed by atoms with van der Waals surface area (Å²) in [6.45, 7) is 9.31. The number of aryl methyl sites for hydroxylation is 2. The number of rotatable bonds is 3. The maximum Gasteiger partial charge on any atom is 0.168 e. The van der Waals surface area contributed by atoms with Crippen molar-refractivity contribution in [2.45, 2.75) is 26.8 Å². The van der Waals surface area contributed by atoms with Gasteiger partial charge in [-0.15, -0.1) is 0 Å². The van der Waals surface area contributed by atoms with Crippen LogP contribution in [0.4, 0.5) is 11.5 Å². The van der Waals surface area contributed by atoms with Gasteiger partial charge in [-0.3, -0.25) is 0 Å². The summed E-state index contributed by atoms with van der Waals surface area (Å²) >= 11 is 0. The third-order valence-corrected chi connectivity index (χ3v) is 5.85. The summed E-state index contributed by atoms with van der Waals surface area (Å²) in [6.07, 6.45) is 3.55. The first-order valence-corrected chi connectivity index (χ1v) is 10.4. The summed E-state index contributed by atoms with van der Waals surface area (Å²) in [4.78, 5) is 14.0. The number of anilines is 2. The molecule has 1 aliphatic rings. The van der Waals surface area contributed by atoms with Crippen LogP contribution in [-0.2, 0) is 0 Å². The molecule has 1 fully saturated rings. The lowest BCUT2D eigenvalue weighted by Crippen LogP contribution is -2.52. The number of hydrogen-bond donors (Lipinski definition) is 0. The minimum atomic E-state index is 0.386. The van der Waals surface area contributed by atoms with Crippen LogP contribution in [0.5, 0.6) is 0 Å². The van der Waals surface area contributed by atoms with Crippen molar-refractivity contribution in [3.8, 4) is 5.69 Å². The van der Waals surface area contributed by atoms with Crippen molar-refractivity contribution in [3.63, 3.8) is 0 Å². The predicted octanol–water partition coefficient (Wildman–Crippen LogP) is 4.15. The number of fused-ring (bicyclic) bond motifs is 1. The molecule has 152 valence electrons. The first kappa shape index (κ1) is 18.6. The van der Waals surface area contributed by atoms with Crippen LogP contribution in [0.25, 0.3) is 16.7 Å². The Morgan fingerprint density at radius 3 is 2.37 bits per heavy atom. The molecule has 0 amide bonds. The summed E-state index contributed by atoms with van der Waals surface area (Å²) in [5, 5.41) is 5.63. The number of aromatic nitrogens is 4. The van der Waals surface area contributed by atoms with Crippen LogP contribution in [0.15, 0.2) is 61.1 Å². The van der Waals surface area contributed by atoms with Gasteiger partial charge in [0.15, 0.2) is 5.65 Å². The Morgan fingerprint density at radius 2 is 1.63 bits per heavy atom. The van der Waals surface area contributed by atoms with E-state index in [1.54, 1.807) is 6.33 Å². The van der Waals surface area contributed by atoms with Crippen LogP contribution < -0.4 is 9.80 Å². The Bertz CT molecular complexity index is 1200. The van der Waals surface area contributed by atoms with E-state index in [0.29, 0.717) is 6.04 Å². The fourth-order valence-corrected chi connectivity index (χ4v) is 4.37. The van der Waals surface area contributed by atoms with Crippen molar-refractivity contribution in [1.82, 2.24) is 19.7 Å². The van der Waals surface area contributed by atoms with Gasteiger partial charge >= 0.3 is 0 Å². The summed E-state index contributed by atoms with van der Waals surface area (Å²) in [7, 11) is 0. The van der Waals surface area contributed by atoms with Gasteiger partial charge in [0.25, 0.3) is 0 Å². The Morgan fingerprint density at radius 1 is 0.900 bits per heavy atom. The van der Waals surface area contributed by atoms with Crippen molar-refractivity contribution >= 4 is 22.5 Å². The topological polar surface area (TPSA) is 50.1 Å². The Kier molecular flexibility index (Phi) is 4.62. The van der Waals surface area contributed by atoms with Crippen molar-refractivity contribution in [2.75, 3.05) is 29.4 Å². The van der Waals surface area contributed by atoms with Crippen LogP contribution >= 0.6 is 0 Å². The molecule has 1 atom stereocenters. The van der Waals surface area contributed by atoms with E-state index in [1.807, 2.05) is 16.9 Å². The monoisotopic (exact) mass is 398 g/mol. The second kappa shape index (κ2) is 7.44.